The molecule has 0 aromatic carbocycles. The molecule has 0 bridgehead atoms. The molecule has 0 saturated carbocycles. The minimum Gasteiger partial charge on any atom is -0.465 e. The van der Waals surface area contributed by atoms with Gasteiger partial charge in [-0.05, 0) is 31.7 Å². The number of anilines is 1. The Bertz CT molecular complexity index is 431. The first kappa shape index (κ1) is 21.5. The Labute approximate surface area is 130 Å². The van der Waals surface area contributed by atoms with Gasteiger partial charge in [-0.15, -0.1) is 0 Å². The van der Waals surface area contributed by atoms with Gasteiger partial charge in [0.25, 0.3) is 0 Å². The number of carbonyl (C=O) groups is 2. The lowest BCUT2D eigenvalue weighted by Gasteiger charge is -1.99. The van der Waals surface area contributed by atoms with Crippen LogP contribution in [0.1, 0.15) is 36.7 Å². The highest BCUT2D eigenvalue weighted by atomic mass is 32.2. The number of carbonyl (C=O) groups excluding carboxylic acids is 2. The zero-order valence-electron chi connectivity index (χ0n) is 13.3. The van der Waals surface area contributed by atoms with Crippen LogP contribution < -0.4 is 11.5 Å². The van der Waals surface area contributed by atoms with E-state index in [1.165, 1.54) is 18.0 Å². The summed E-state index contributed by atoms with van der Waals surface area (Å²) in [6.45, 7) is 8.06. The summed E-state index contributed by atoms with van der Waals surface area (Å²) >= 11 is 1.48. The number of thioether (sulfide) groups is 1. The van der Waals surface area contributed by atoms with Crippen LogP contribution in [-0.4, -0.2) is 35.5 Å². The number of aryl methyl sites for hydroxylation is 1. The number of hydrogen-bond acceptors (Lipinski definition) is 6. The molecule has 0 aliphatic heterocycles. The molecule has 0 atom stereocenters. The van der Waals surface area contributed by atoms with E-state index < -0.39 is 5.91 Å². The van der Waals surface area contributed by atoms with Gasteiger partial charge in [-0.25, -0.2) is 4.98 Å². The lowest BCUT2D eigenvalue weighted by atomic mass is 10.2. The standard InChI is InChI=1S/C7H9N3O.C5H10O2S.C2H6/c1-4-2-5(7(9)11)3-10-6(4)8;1-3-7-5(6)4-8-2;1-2/h2-3H,1H3,(H2,8,10)(H2,9,11);3-4H2,1-2H3;1-2H3. The van der Waals surface area contributed by atoms with Crippen LogP contribution >= 0.6 is 11.8 Å². The summed E-state index contributed by atoms with van der Waals surface area (Å²) in [5.74, 6) is 0.281. The van der Waals surface area contributed by atoms with Crippen molar-refractivity contribution in [1.29, 1.82) is 0 Å². The number of esters is 1. The van der Waals surface area contributed by atoms with E-state index in [1.54, 1.807) is 19.9 Å². The molecule has 120 valence electrons. The van der Waals surface area contributed by atoms with Gasteiger partial charge in [0.15, 0.2) is 0 Å². The Morgan fingerprint density at radius 1 is 1.38 bits per heavy atom. The van der Waals surface area contributed by atoms with Crippen LogP contribution in [0.25, 0.3) is 0 Å². The number of rotatable bonds is 4. The molecule has 7 heteroatoms. The number of nitrogens with two attached hydrogens (primary N) is 2. The number of primary amides is 1. The largest absolute Gasteiger partial charge is 0.465 e. The van der Waals surface area contributed by atoms with Crippen molar-refractivity contribution in [3.8, 4) is 0 Å². The Morgan fingerprint density at radius 2 is 1.95 bits per heavy atom. The van der Waals surface area contributed by atoms with E-state index >= 15 is 0 Å². The average molecular weight is 315 g/mol. The highest BCUT2D eigenvalue weighted by Gasteiger charge is 2.01. The Kier molecular flexibility index (Phi) is 13.6. The molecule has 0 saturated heterocycles. The van der Waals surface area contributed by atoms with Crippen LogP contribution in [0.2, 0.25) is 0 Å². The van der Waals surface area contributed by atoms with E-state index in [0.717, 1.165) is 5.56 Å². The molecule has 1 amide bonds. The maximum absolute atomic E-state index is 10.6. The van der Waals surface area contributed by atoms with Crippen molar-refractivity contribution in [3.63, 3.8) is 0 Å². The molecule has 0 aliphatic rings. The molecule has 6 nitrogen and oxygen atoms in total. The third kappa shape index (κ3) is 10.7. The molecule has 0 unspecified atom stereocenters. The van der Waals surface area contributed by atoms with Crippen molar-refractivity contribution in [2.75, 3.05) is 24.3 Å². The van der Waals surface area contributed by atoms with Gasteiger partial charge in [0.05, 0.1) is 17.9 Å². The Hall–Kier alpha value is -1.76. The second kappa shape index (κ2) is 13.2. The summed E-state index contributed by atoms with van der Waals surface area (Å²) in [5.41, 5.74) is 11.6. The summed E-state index contributed by atoms with van der Waals surface area (Å²) in [6, 6.07) is 1.62. The second-order valence-electron chi connectivity index (χ2n) is 3.53. The quantitative estimate of drug-likeness (QED) is 0.823. The number of ether oxygens (including phenoxy) is 1. The highest BCUT2D eigenvalue weighted by molar-refractivity contribution is 7.99. The van der Waals surface area contributed by atoms with Gasteiger partial charge in [0.2, 0.25) is 5.91 Å². The molecule has 0 spiro atoms. The lowest BCUT2D eigenvalue weighted by Crippen LogP contribution is -2.12. The van der Waals surface area contributed by atoms with E-state index in [-0.39, 0.29) is 5.97 Å². The maximum atomic E-state index is 10.6. The Balaban J connectivity index is 0. The summed E-state index contributed by atoms with van der Waals surface area (Å²) in [5, 5.41) is 0. The minimum absolute atomic E-state index is 0.125. The van der Waals surface area contributed by atoms with Crippen LogP contribution in [0.5, 0.6) is 0 Å². The summed E-state index contributed by atoms with van der Waals surface area (Å²) in [6.07, 6.45) is 3.24. The van der Waals surface area contributed by atoms with Crippen molar-refractivity contribution in [2.45, 2.75) is 27.7 Å². The third-order valence-corrected chi connectivity index (χ3v) is 2.50. The highest BCUT2D eigenvalue weighted by Crippen LogP contribution is 2.07. The zero-order valence-corrected chi connectivity index (χ0v) is 14.1. The fraction of sp³-hybridized carbons (Fsp3) is 0.500. The topological polar surface area (TPSA) is 108 Å². The van der Waals surface area contributed by atoms with E-state index in [2.05, 4.69) is 9.72 Å². The average Bonchev–Trinajstić information content (AvgIpc) is 2.45. The predicted octanol–water partition coefficient (Wildman–Crippen LogP) is 2.01. The second-order valence-corrected chi connectivity index (χ2v) is 4.39. The van der Waals surface area contributed by atoms with Crippen LogP contribution in [0.3, 0.4) is 0 Å². The normalized spacial score (nSPS) is 8.62. The van der Waals surface area contributed by atoms with Crippen molar-refractivity contribution < 1.29 is 14.3 Å². The molecule has 1 heterocycles. The van der Waals surface area contributed by atoms with Gasteiger partial charge in [0, 0.05) is 6.20 Å². The molecule has 1 rings (SSSR count). The van der Waals surface area contributed by atoms with Crippen molar-refractivity contribution in [3.05, 3.63) is 23.4 Å². The van der Waals surface area contributed by atoms with Crippen molar-refractivity contribution >= 4 is 29.5 Å². The minimum atomic E-state index is -0.486. The Morgan fingerprint density at radius 3 is 2.33 bits per heavy atom. The lowest BCUT2D eigenvalue weighted by molar-refractivity contribution is -0.139. The number of pyridine rings is 1. The molecular formula is C14H25N3O3S. The van der Waals surface area contributed by atoms with Crippen LogP contribution in [0.15, 0.2) is 12.3 Å². The molecule has 1 aromatic rings. The summed E-state index contributed by atoms with van der Waals surface area (Å²) in [4.78, 5) is 24.8. The third-order valence-electron chi connectivity index (χ3n) is 1.97. The van der Waals surface area contributed by atoms with Crippen LogP contribution in [0, 0.1) is 6.92 Å². The van der Waals surface area contributed by atoms with Gasteiger partial charge < -0.3 is 16.2 Å². The molecule has 4 N–H and O–H groups in total. The number of amides is 1. The summed E-state index contributed by atoms with van der Waals surface area (Å²) in [7, 11) is 0. The maximum Gasteiger partial charge on any atom is 0.315 e. The number of nitrogen functional groups attached to an aromatic ring is 1. The number of aromatic nitrogens is 1. The molecule has 21 heavy (non-hydrogen) atoms. The fourth-order valence-electron chi connectivity index (χ4n) is 1.04. The molecule has 0 radical (unpaired) electrons. The van der Waals surface area contributed by atoms with E-state index in [1.807, 2.05) is 20.1 Å². The van der Waals surface area contributed by atoms with E-state index in [4.69, 9.17) is 11.5 Å². The predicted molar refractivity (Wildman–Crippen MR) is 88.3 cm³/mol. The molecular weight excluding hydrogens is 290 g/mol. The molecule has 0 aliphatic carbocycles. The van der Waals surface area contributed by atoms with E-state index in [9.17, 15) is 9.59 Å². The van der Waals surface area contributed by atoms with Crippen molar-refractivity contribution in [2.24, 2.45) is 5.73 Å². The van der Waals surface area contributed by atoms with Crippen LogP contribution in [-0.2, 0) is 9.53 Å². The van der Waals surface area contributed by atoms with Gasteiger partial charge >= 0.3 is 5.97 Å². The SMILES string of the molecule is CC.CCOC(=O)CSC.Cc1cc(C(N)=O)cnc1N. The van der Waals surface area contributed by atoms with Gasteiger partial charge in [-0.1, -0.05) is 13.8 Å². The monoisotopic (exact) mass is 315 g/mol. The van der Waals surface area contributed by atoms with Gasteiger partial charge in [-0.2, -0.15) is 11.8 Å². The first-order valence-electron chi connectivity index (χ1n) is 6.58. The zero-order chi connectivity index (χ0) is 16.8. The smallest absolute Gasteiger partial charge is 0.315 e. The number of hydrogen-bond donors (Lipinski definition) is 2. The van der Waals surface area contributed by atoms with Gasteiger partial charge in [-0.3, -0.25) is 9.59 Å². The first-order valence-corrected chi connectivity index (χ1v) is 7.98. The van der Waals surface area contributed by atoms with E-state index in [0.29, 0.717) is 23.7 Å². The van der Waals surface area contributed by atoms with Crippen molar-refractivity contribution in [1.82, 2.24) is 4.98 Å². The first-order chi connectivity index (χ1) is 9.92. The fourth-order valence-corrected chi connectivity index (χ4v) is 1.36. The molecule has 1 aromatic heterocycles. The van der Waals surface area contributed by atoms with Crippen LogP contribution in [0.4, 0.5) is 5.82 Å². The number of nitrogens with zero attached hydrogens (tertiary/aromatic N) is 1. The summed E-state index contributed by atoms with van der Waals surface area (Å²) < 4.78 is 4.62. The van der Waals surface area contributed by atoms with Gasteiger partial charge in [0.1, 0.15) is 5.82 Å². The molecule has 0 fully saturated rings.